The molecule has 0 aliphatic rings. The van der Waals surface area contributed by atoms with E-state index in [9.17, 15) is 0 Å². The summed E-state index contributed by atoms with van der Waals surface area (Å²) in [6, 6.07) is 5.01. The van der Waals surface area contributed by atoms with E-state index in [1.807, 2.05) is 11.3 Å². The first-order chi connectivity index (χ1) is 8.22. The Bertz CT molecular complexity index is 272. The highest BCUT2D eigenvalue weighted by molar-refractivity contribution is 7.09. The normalized spacial score (nSPS) is 13.2. The van der Waals surface area contributed by atoms with Crippen molar-refractivity contribution in [2.24, 2.45) is 0 Å². The van der Waals surface area contributed by atoms with Gasteiger partial charge in [-0.2, -0.15) is 0 Å². The van der Waals surface area contributed by atoms with Crippen molar-refractivity contribution in [3.8, 4) is 0 Å². The Morgan fingerprint density at radius 1 is 1.41 bits per heavy atom. The fraction of sp³-hybridized carbons (Fsp3) is 0.714. The molecule has 1 unspecified atom stereocenters. The summed E-state index contributed by atoms with van der Waals surface area (Å²) in [5.41, 5.74) is 0. The molecule has 17 heavy (non-hydrogen) atoms. The second kappa shape index (κ2) is 8.67. The van der Waals surface area contributed by atoms with Gasteiger partial charge in [0.1, 0.15) is 0 Å². The lowest BCUT2D eigenvalue weighted by molar-refractivity contribution is 0.327. The Balaban J connectivity index is 2.03. The molecule has 3 heteroatoms. The minimum absolute atomic E-state index is 0.658. The molecule has 0 amide bonds. The van der Waals surface area contributed by atoms with Crippen molar-refractivity contribution in [1.82, 2.24) is 10.2 Å². The first-order valence-corrected chi connectivity index (χ1v) is 7.54. The molecule has 1 rings (SSSR count). The van der Waals surface area contributed by atoms with Crippen molar-refractivity contribution in [2.75, 3.05) is 26.7 Å². The van der Waals surface area contributed by atoms with Crippen LogP contribution in [0.5, 0.6) is 0 Å². The monoisotopic (exact) mass is 254 g/mol. The fourth-order valence-electron chi connectivity index (χ4n) is 1.90. The standard InChI is InChI=1S/C14H26N2S/c1-4-6-13(2)15-9-11-16(3)10-8-14-7-5-12-17-14/h5,7,12-13,15H,4,6,8-11H2,1-3H3. The van der Waals surface area contributed by atoms with E-state index in [2.05, 4.69) is 48.6 Å². The number of hydrogen-bond donors (Lipinski definition) is 1. The molecule has 0 aliphatic heterocycles. The molecule has 2 nitrogen and oxygen atoms in total. The Labute approximate surface area is 110 Å². The SMILES string of the molecule is CCCC(C)NCCN(C)CCc1cccs1. The average molecular weight is 254 g/mol. The van der Waals surface area contributed by atoms with E-state index in [1.54, 1.807) is 0 Å². The first kappa shape index (κ1) is 14.7. The predicted molar refractivity (Wildman–Crippen MR) is 77.9 cm³/mol. The number of rotatable bonds is 9. The highest BCUT2D eigenvalue weighted by Crippen LogP contribution is 2.09. The largest absolute Gasteiger partial charge is 0.313 e. The van der Waals surface area contributed by atoms with Gasteiger partial charge in [-0.05, 0) is 38.3 Å². The molecule has 1 aromatic rings. The summed E-state index contributed by atoms with van der Waals surface area (Å²) >= 11 is 1.86. The maximum Gasteiger partial charge on any atom is 0.0104 e. The molecular weight excluding hydrogens is 228 g/mol. The molecule has 0 aliphatic carbocycles. The summed E-state index contributed by atoms with van der Waals surface area (Å²) in [6.07, 6.45) is 3.72. The van der Waals surface area contributed by atoms with E-state index in [1.165, 1.54) is 24.1 Å². The zero-order chi connectivity index (χ0) is 12.5. The third-order valence-electron chi connectivity index (χ3n) is 3.03. The topological polar surface area (TPSA) is 15.3 Å². The quantitative estimate of drug-likeness (QED) is 0.729. The van der Waals surface area contributed by atoms with Gasteiger partial charge < -0.3 is 10.2 Å². The molecule has 0 spiro atoms. The minimum Gasteiger partial charge on any atom is -0.313 e. The van der Waals surface area contributed by atoms with Gasteiger partial charge in [0.15, 0.2) is 0 Å². The van der Waals surface area contributed by atoms with Crippen LogP contribution < -0.4 is 5.32 Å². The van der Waals surface area contributed by atoms with Gasteiger partial charge in [-0.3, -0.25) is 0 Å². The van der Waals surface area contributed by atoms with Crippen LogP contribution in [0.2, 0.25) is 0 Å². The fourth-order valence-corrected chi connectivity index (χ4v) is 2.60. The van der Waals surface area contributed by atoms with Crippen LogP contribution >= 0.6 is 11.3 Å². The molecular formula is C14H26N2S. The summed E-state index contributed by atoms with van der Waals surface area (Å²) in [4.78, 5) is 3.90. The van der Waals surface area contributed by atoms with Gasteiger partial charge in [0.25, 0.3) is 0 Å². The molecule has 0 bridgehead atoms. The van der Waals surface area contributed by atoms with Crippen LogP contribution in [0.4, 0.5) is 0 Å². The molecule has 1 atom stereocenters. The van der Waals surface area contributed by atoms with E-state index < -0.39 is 0 Å². The van der Waals surface area contributed by atoms with E-state index in [0.29, 0.717) is 6.04 Å². The predicted octanol–water partition coefficient (Wildman–Crippen LogP) is 3.00. The number of nitrogens with zero attached hydrogens (tertiary/aromatic N) is 1. The Morgan fingerprint density at radius 3 is 2.88 bits per heavy atom. The number of likely N-dealkylation sites (N-methyl/N-ethyl adjacent to an activating group) is 1. The Morgan fingerprint density at radius 2 is 2.24 bits per heavy atom. The second-order valence-corrected chi connectivity index (χ2v) is 5.81. The molecule has 0 radical (unpaired) electrons. The molecule has 1 aromatic heterocycles. The van der Waals surface area contributed by atoms with Gasteiger partial charge in [-0.15, -0.1) is 11.3 Å². The lowest BCUT2D eigenvalue weighted by Crippen LogP contribution is -2.34. The van der Waals surface area contributed by atoms with Crippen LogP contribution in [-0.2, 0) is 6.42 Å². The van der Waals surface area contributed by atoms with Crippen molar-refractivity contribution in [3.63, 3.8) is 0 Å². The highest BCUT2D eigenvalue weighted by atomic mass is 32.1. The van der Waals surface area contributed by atoms with Gasteiger partial charge in [-0.25, -0.2) is 0 Å². The third kappa shape index (κ3) is 6.81. The smallest absolute Gasteiger partial charge is 0.0104 e. The Hall–Kier alpha value is -0.380. The van der Waals surface area contributed by atoms with Crippen molar-refractivity contribution in [1.29, 1.82) is 0 Å². The average Bonchev–Trinajstić information content (AvgIpc) is 2.79. The van der Waals surface area contributed by atoms with Crippen LogP contribution in [0, 0.1) is 0 Å². The molecule has 0 saturated carbocycles. The van der Waals surface area contributed by atoms with Crippen molar-refractivity contribution >= 4 is 11.3 Å². The van der Waals surface area contributed by atoms with Crippen LogP contribution in [0.1, 0.15) is 31.6 Å². The minimum atomic E-state index is 0.658. The maximum atomic E-state index is 3.57. The lowest BCUT2D eigenvalue weighted by atomic mass is 10.2. The molecule has 0 fully saturated rings. The van der Waals surface area contributed by atoms with Crippen LogP contribution in [0.25, 0.3) is 0 Å². The van der Waals surface area contributed by atoms with E-state index in [0.717, 1.165) is 19.6 Å². The van der Waals surface area contributed by atoms with Crippen LogP contribution in [0.15, 0.2) is 17.5 Å². The zero-order valence-corrected chi connectivity index (χ0v) is 12.2. The van der Waals surface area contributed by atoms with Crippen LogP contribution in [0.3, 0.4) is 0 Å². The number of nitrogens with one attached hydrogen (secondary N) is 1. The van der Waals surface area contributed by atoms with E-state index >= 15 is 0 Å². The van der Waals surface area contributed by atoms with E-state index in [4.69, 9.17) is 0 Å². The van der Waals surface area contributed by atoms with E-state index in [-0.39, 0.29) is 0 Å². The second-order valence-electron chi connectivity index (χ2n) is 4.78. The number of hydrogen-bond acceptors (Lipinski definition) is 3. The van der Waals surface area contributed by atoms with Gasteiger partial charge in [-0.1, -0.05) is 19.4 Å². The molecule has 1 N–H and O–H groups in total. The third-order valence-corrected chi connectivity index (χ3v) is 3.96. The van der Waals surface area contributed by atoms with Gasteiger partial charge in [0.05, 0.1) is 0 Å². The number of thiophene rings is 1. The van der Waals surface area contributed by atoms with Gasteiger partial charge in [0.2, 0.25) is 0 Å². The zero-order valence-electron chi connectivity index (χ0n) is 11.4. The maximum absolute atomic E-state index is 3.57. The van der Waals surface area contributed by atoms with Gasteiger partial charge >= 0.3 is 0 Å². The molecule has 0 saturated heterocycles. The first-order valence-electron chi connectivity index (χ1n) is 6.66. The highest BCUT2D eigenvalue weighted by Gasteiger charge is 2.02. The summed E-state index contributed by atoms with van der Waals surface area (Å²) in [5.74, 6) is 0. The van der Waals surface area contributed by atoms with Gasteiger partial charge in [0, 0.05) is 30.6 Å². The van der Waals surface area contributed by atoms with Crippen LogP contribution in [-0.4, -0.2) is 37.6 Å². The summed E-state index contributed by atoms with van der Waals surface area (Å²) < 4.78 is 0. The van der Waals surface area contributed by atoms with Crippen molar-refractivity contribution < 1.29 is 0 Å². The molecule has 0 aromatic carbocycles. The summed E-state index contributed by atoms with van der Waals surface area (Å²) in [7, 11) is 2.21. The molecule has 1 heterocycles. The van der Waals surface area contributed by atoms with Crippen molar-refractivity contribution in [3.05, 3.63) is 22.4 Å². The molecule has 98 valence electrons. The lowest BCUT2D eigenvalue weighted by Gasteiger charge is -2.18. The summed E-state index contributed by atoms with van der Waals surface area (Å²) in [5, 5.41) is 5.72. The van der Waals surface area contributed by atoms with Crippen molar-refractivity contribution in [2.45, 2.75) is 39.2 Å². The Kier molecular flexibility index (Phi) is 7.49. The summed E-state index contributed by atoms with van der Waals surface area (Å²) in [6.45, 7) is 7.91.